The van der Waals surface area contributed by atoms with Crippen molar-refractivity contribution in [1.82, 2.24) is 4.90 Å². The van der Waals surface area contributed by atoms with Crippen molar-refractivity contribution < 1.29 is 23.8 Å². The molecule has 0 N–H and O–H groups in total. The number of benzene rings is 1. The highest BCUT2D eigenvalue weighted by Crippen LogP contribution is 2.32. The number of amides is 1. The predicted octanol–water partition coefficient (Wildman–Crippen LogP) is 2.75. The van der Waals surface area contributed by atoms with Crippen molar-refractivity contribution in [2.24, 2.45) is 0 Å². The second-order valence-electron chi connectivity index (χ2n) is 6.36. The molecular weight excluding hydrogens is 310 g/mol. The summed E-state index contributed by atoms with van der Waals surface area (Å²) in [6.45, 7) is 1.77. The number of esters is 1. The van der Waals surface area contributed by atoms with E-state index in [-0.39, 0.29) is 18.7 Å². The molecule has 0 spiro atoms. The van der Waals surface area contributed by atoms with Gasteiger partial charge in [0.15, 0.2) is 17.6 Å². The summed E-state index contributed by atoms with van der Waals surface area (Å²) in [6, 6.07) is 5.10. The largest absolute Gasteiger partial charge is 0.454 e. The lowest BCUT2D eigenvalue weighted by Crippen LogP contribution is -2.44. The molecule has 2 aliphatic rings. The zero-order chi connectivity index (χ0) is 17.1. The Kier molecular flexibility index (Phi) is 4.92. The van der Waals surface area contributed by atoms with Gasteiger partial charge in [0.25, 0.3) is 5.91 Å². The minimum absolute atomic E-state index is 0.148. The van der Waals surface area contributed by atoms with Crippen molar-refractivity contribution >= 4 is 11.9 Å². The zero-order valence-electron chi connectivity index (χ0n) is 14.1. The van der Waals surface area contributed by atoms with E-state index in [2.05, 4.69) is 0 Å². The normalized spacial score (nSPS) is 18.1. The van der Waals surface area contributed by atoms with E-state index in [0.29, 0.717) is 17.1 Å². The van der Waals surface area contributed by atoms with Crippen LogP contribution in [0.3, 0.4) is 0 Å². The van der Waals surface area contributed by atoms with Crippen molar-refractivity contribution in [3.8, 4) is 11.5 Å². The van der Waals surface area contributed by atoms with E-state index in [0.717, 1.165) is 25.7 Å². The molecular formula is C18H23NO5. The number of carbonyl (C=O) groups excluding carboxylic acids is 2. The zero-order valence-corrected chi connectivity index (χ0v) is 14.1. The molecule has 1 saturated carbocycles. The number of carbonyl (C=O) groups is 2. The first kappa shape index (κ1) is 16.6. The number of rotatable bonds is 4. The van der Waals surface area contributed by atoms with Crippen LogP contribution in [0.5, 0.6) is 11.5 Å². The number of hydrogen-bond donors (Lipinski definition) is 0. The molecule has 0 radical (unpaired) electrons. The van der Waals surface area contributed by atoms with Crippen LogP contribution in [0.15, 0.2) is 18.2 Å². The van der Waals surface area contributed by atoms with Gasteiger partial charge in [0.2, 0.25) is 6.79 Å². The van der Waals surface area contributed by atoms with Gasteiger partial charge in [-0.3, -0.25) is 4.79 Å². The maximum absolute atomic E-state index is 12.5. The summed E-state index contributed by atoms with van der Waals surface area (Å²) in [5, 5.41) is 0. The summed E-state index contributed by atoms with van der Waals surface area (Å²) < 4.78 is 15.8. The van der Waals surface area contributed by atoms with E-state index in [1.54, 1.807) is 37.1 Å². The van der Waals surface area contributed by atoms with Gasteiger partial charge in [-0.2, -0.15) is 0 Å². The van der Waals surface area contributed by atoms with Gasteiger partial charge < -0.3 is 19.1 Å². The highest BCUT2D eigenvalue weighted by atomic mass is 16.7. The van der Waals surface area contributed by atoms with E-state index in [1.165, 1.54) is 6.42 Å². The van der Waals surface area contributed by atoms with Gasteiger partial charge >= 0.3 is 5.97 Å². The lowest BCUT2D eigenvalue weighted by Gasteiger charge is -2.32. The molecule has 1 fully saturated rings. The van der Waals surface area contributed by atoms with Gasteiger partial charge in [0, 0.05) is 13.1 Å². The Morgan fingerprint density at radius 3 is 2.62 bits per heavy atom. The van der Waals surface area contributed by atoms with Gasteiger partial charge in [-0.1, -0.05) is 19.3 Å². The minimum atomic E-state index is -0.810. The summed E-state index contributed by atoms with van der Waals surface area (Å²) in [5.41, 5.74) is 0.346. The summed E-state index contributed by atoms with van der Waals surface area (Å²) >= 11 is 0. The van der Waals surface area contributed by atoms with Crippen molar-refractivity contribution in [3.05, 3.63) is 23.8 Å². The van der Waals surface area contributed by atoms with Gasteiger partial charge in [-0.25, -0.2) is 4.79 Å². The first-order valence-corrected chi connectivity index (χ1v) is 8.43. The quantitative estimate of drug-likeness (QED) is 0.793. The van der Waals surface area contributed by atoms with Crippen molar-refractivity contribution in [2.45, 2.75) is 51.2 Å². The summed E-state index contributed by atoms with van der Waals surface area (Å²) in [7, 11) is 1.79. The molecule has 1 amide bonds. The molecule has 1 aliphatic carbocycles. The number of nitrogens with zero attached hydrogens (tertiary/aromatic N) is 1. The van der Waals surface area contributed by atoms with Crippen LogP contribution < -0.4 is 9.47 Å². The number of hydrogen-bond acceptors (Lipinski definition) is 5. The lowest BCUT2D eigenvalue weighted by atomic mass is 9.94. The maximum atomic E-state index is 12.5. The topological polar surface area (TPSA) is 65.1 Å². The first-order chi connectivity index (χ1) is 11.6. The molecule has 0 saturated heterocycles. The molecule has 0 unspecified atom stereocenters. The van der Waals surface area contributed by atoms with Crippen LogP contribution in [0.2, 0.25) is 0 Å². The molecule has 1 aromatic carbocycles. The SMILES string of the molecule is C[C@@H](OC(=O)c1ccc2c(c1)OCO2)C(=O)N(C)C1CCCCC1. The Morgan fingerprint density at radius 1 is 1.17 bits per heavy atom. The van der Waals surface area contributed by atoms with Crippen molar-refractivity contribution in [3.63, 3.8) is 0 Å². The van der Waals surface area contributed by atoms with Crippen LogP contribution in [0.4, 0.5) is 0 Å². The van der Waals surface area contributed by atoms with E-state index in [4.69, 9.17) is 14.2 Å². The van der Waals surface area contributed by atoms with E-state index < -0.39 is 12.1 Å². The molecule has 130 valence electrons. The molecule has 3 rings (SSSR count). The molecule has 1 heterocycles. The monoisotopic (exact) mass is 333 g/mol. The van der Waals surface area contributed by atoms with E-state index in [9.17, 15) is 9.59 Å². The van der Waals surface area contributed by atoms with Gasteiger partial charge in [0.05, 0.1) is 5.56 Å². The Hall–Kier alpha value is -2.24. The van der Waals surface area contributed by atoms with Crippen molar-refractivity contribution in [2.75, 3.05) is 13.8 Å². The third kappa shape index (κ3) is 3.47. The van der Waals surface area contributed by atoms with Gasteiger partial charge in [-0.15, -0.1) is 0 Å². The standard InChI is InChI=1S/C18H23NO5/c1-12(17(20)19(2)14-6-4-3-5-7-14)24-18(21)13-8-9-15-16(10-13)23-11-22-15/h8-10,12,14H,3-7,11H2,1-2H3/t12-/m1/s1. The summed E-state index contributed by atoms with van der Waals surface area (Å²) in [4.78, 5) is 26.5. The Balaban J connectivity index is 1.60. The average Bonchev–Trinajstić information content (AvgIpc) is 3.08. The number of ether oxygens (including phenoxy) is 3. The molecule has 1 aromatic rings. The number of fused-ring (bicyclic) bond motifs is 1. The highest BCUT2D eigenvalue weighted by molar-refractivity contribution is 5.93. The smallest absolute Gasteiger partial charge is 0.339 e. The van der Waals surface area contributed by atoms with E-state index >= 15 is 0 Å². The molecule has 0 bridgehead atoms. The van der Waals surface area contributed by atoms with Crippen LogP contribution in [0, 0.1) is 0 Å². The molecule has 6 heteroatoms. The molecule has 1 atom stereocenters. The fourth-order valence-electron chi connectivity index (χ4n) is 3.24. The van der Waals surface area contributed by atoms with Gasteiger partial charge in [-0.05, 0) is 38.0 Å². The van der Waals surface area contributed by atoms with Crippen LogP contribution in [0.25, 0.3) is 0 Å². The maximum Gasteiger partial charge on any atom is 0.339 e. The fraction of sp³-hybridized carbons (Fsp3) is 0.556. The number of likely N-dealkylation sites (N-methyl/N-ethyl adjacent to an activating group) is 1. The molecule has 1 aliphatic heterocycles. The third-order valence-electron chi connectivity index (χ3n) is 4.71. The predicted molar refractivity (Wildman–Crippen MR) is 87.1 cm³/mol. The summed E-state index contributed by atoms with van der Waals surface area (Å²) in [5.74, 6) is 0.428. The summed E-state index contributed by atoms with van der Waals surface area (Å²) in [6.07, 6.45) is 4.75. The minimum Gasteiger partial charge on any atom is -0.454 e. The first-order valence-electron chi connectivity index (χ1n) is 8.43. The Labute approximate surface area is 141 Å². The van der Waals surface area contributed by atoms with Crippen molar-refractivity contribution in [1.29, 1.82) is 0 Å². The van der Waals surface area contributed by atoms with Crippen LogP contribution in [-0.2, 0) is 9.53 Å². The molecule has 6 nitrogen and oxygen atoms in total. The Bertz CT molecular complexity index is 624. The molecule has 0 aromatic heterocycles. The second kappa shape index (κ2) is 7.11. The average molecular weight is 333 g/mol. The van der Waals surface area contributed by atoms with Crippen LogP contribution in [0.1, 0.15) is 49.4 Å². The van der Waals surface area contributed by atoms with E-state index in [1.807, 2.05) is 0 Å². The van der Waals surface area contributed by atoms with Gasteiger partial charge in [0.1, 0.15) is 0 Å². The third-order valence-corrected chi connectivity index (χ3v) is 4.71. The fourth-order valence-corrected chi connectivity index (χ4v) is 3.24. The Morgan fingerprint density at radius 2 is 1.88 bits per heavy atom. The van der Waals surface area contributed by atoms with Crippen LogP contribution >= 0.6 is 0 Å². The van der Waals surface area contributed by atoms with Crippen LogP contribution in [-0.4, -0.2) is 42.8 Å². The molecule has 24 heavy (non-hydrogen) atoms. The second-order valence-corrected chi connectivity index (χ2v) is 6.36. The highest BCUT2D eigenvalue weighted by Gasteiger charge is 2.28. The lowest BCUT2D eigenvalue weighted by molar-refractivity contribution is -0.141.